The predicted molar refractivity (Wildman–Crippen MR) is 82.4 cm³/mol. The molecule has 2 heteroatoms. The van der Waals surface area contributed by atoms with Gasteiger partial charge in [-0.15, -0.1) is 0 Å². The summed E-state index contributed by atoms with van der Waals surface area (Å²) < 4.78 is 0. The molecule has 2 rings (SSSR count). The van der Waals surface area contributed by atoms with Crippen molar-refractivity contribution in [2.24, 2.45) is 5.92 Å². The lowest BCUT2D eigenvalue weighted by atomic mass is 10.0. The Labute approximate surface area is 116 Å². The first-order chi connectivity index (χ1) is 9.16. The second-order valence-corrected chi connectivity index (χ2v) is 5.73. The second kappa shape index (κ2) is 6.67. The van der Waals surface area contributed by atoms with E-state index in [2.05, 4.69) is 55.3 Å². The van der Waals surface area contributed by atoms with E-state index in [1.807, 2.05) is 12.3 Å². The quantitative estimate of drug-likeness (QED) is 0.850. The molecule has 1 aromatic carbocycles. The van der Waals surface area contributed by atoms with Crippen molar-refractivity contribution in [3.05, 3.63) is 42.1 Å². The molecule has 2 aromatic rings. The Bertz CT molecular complexity index is 514. The zero-order valence-corrected chi connectivity index (χ0v) is 12.2. The van der Waals surface area contributed by atoms with E-state index in [1.54, 1.807) is 0 Å². The van der Waals surface area contributed by atoms with Crippen LogP contribution in [0.3, 0.4) is 0 Å². The van der Waals surface area contributed by atoms with Gasteiger partial charge in [0.2, 0.25) is 0 Å². The van der Waals surface area contributed by atoms with Gasteiger partial charge in [0.15, 0.2) is 0 Å². The molecule has 0 fully saturated rings. The van der Waals surface area contributed by atoms with Gasteiger partial charge in [0.25, 0.3) is 0 Å². The van der Waals surface area contributed by atoms with E-state index in [0.29, 0.717) is 6.04 Å². The molecule has 0 aliphatic carbocycles. The summed E-state index contributed by atoms with van der Waals surface area (Å²) in [6.07, 6.45) is 4.14. The maximum Gasteiger partial charge on any atom is 0.0734 e. The van der Waals surface area contributed by atoms with Gasteiger partial charge in [0.1, 0.15) is 0 Å². The molecule has 19 heavy (non-hydrogen) atoms. The van der Waals surface area contributed by atoms with E-state index >= 15 is 0 Å². The van der Waals surface area contributed by atoms with Gasteiger partial charge in [0, 0.05) is 17.6 Å². The molecule has 0 aliphatic heterocycles. The average molecular weight is 256 g/mol. The molecule has 0 saturated heterocycles. The Kier molecular flexibility index (Phi) is 4.92. The summed E-state index contributed by atoms with van der Waals surface area (Å²) in [5, 5.41) is 4.83. The predicted octanol–water partition coefficient (Wildman–Crippen LogP) is 3.80. The van der Waals surface area contributed by atoms with Crippen molar-refractivity contribution in [1.29, 1.82) is 0 Å². The van der Waals surface area contributed by atoms with Crippen molar-refractivity contribution < 1.29 is 0 Å². The van der Waals surface area contributed by atoms with Crippen LogP contribution in [0.1, 0.15) is 32.8 Å². The summed E-state index contributed by atoms with van der Waals surface area (Å²) in [4.78, 5) is 4.50. The monoisotopic (exact) mass is 256 g/mol. The summed E-state index contributed by atoms with van der Waals surface area (Å²) in [6.45, 7) is 7.82. The van der Waals surface area contributed by atoms with Crippen LogP contribution in [0.2, 0.25) is 0 Å². The minimum Gasteiger partial charge on any atom is -0.314 e. The molecule has 1 unspecified atom stereocenters. The molecule has 0 radical (unpaired) electrons. The second-order valence-electron chi connectivity index (χ2n) is 5.73. The van der Waals surface area contributed by atoms with Crippen LogP contribution in [-0.2, 0) is 6.42 Å². The lowest BCUT2D eigenvalue weighted by Gasteiger charge is -2.16. The molecular weight excluding hydrogens is 232 g/mol. The van der Waals surface area contributed by atoms with Crippen molar-refractivity contribution in [3.63, 3.8) is 0 Å². The first kappa shape index (κ1) is 14.0. The van der Waals surface area contributed by atoms with Gasteiger partial charge in [0.05, 0.1) is 5.52 Å². The van der Waals surface area contributed by atoms with Crippen LogP contribution in [-0.4, -0.2) is 17.6 Å². The zero-order chi connectivity index (χ0) is 13.7. The highest BCUT2D eigenvalue weighted by atomic mass is 14.9. The van der Waals surface area contributed by atoms with Crippen molar-refractivity contribution in [1.82, 2.24) is 10.3 Å². The van der Waals surface area contributed by atoms with Gasteiger partial charge in [-0.1, -0.05) is 38.1 Å². The van der Waals surface area contributed by atoms with Gasteiger partial charge in [-0.05, 0) is 43.9 Å². The molecule has 2 nitrogen and oxygen atoms in total. The normalized spacial score (nSPS) is 13.1. The van der Waals surface area contributed by atoms with E-state index in [1.165, 1.54) is 17.4 Å². The van der Waals surface area contributed by atoms with E-state index < -0.39 is 0 Å². The fourth-order valence-corrected chi connectivity index (χ4v) is 2.61. The number of fused-ring (bicyclic) bond motifs is 1. The Morgan fingerprint density at radius 2 is 1.89 bits per heavy atom. The van der Waals surface area contributed by atoms with E-state index in [0.717, 1.165) is 24.4 Å². The molecule has 0 aliphatic rings. The zero-order valence-electron chi connectivity index (χ0n) is 12.2. The number of para-hydroxylation sites is 1. The molecule has 1 aromatic heterocycles. The summed E-state index contributed by atoms with van der Waals surface area (Å²) >= 11 is 0. The Balaban J connectivity index is 1.95. The summed E-state index contributed by atoms with van der Waals surface area (Å²) in [5.74, 6) is 0.752. The van der Waals surface area contributed by atoms with Gasteiger partial charge < -0.3 is 5.32 Å². The van der Waals surface area contributed by atoms with Gasteiger partial charge in [-0.3, -0.25) is 4.98 Å². The largest absolute Gasteiger partial charge is 0.314 e. The smallest absolute Gasteiger partial charge is 0.0734 e. The SMILES string of the molecule is CC(C)CC(C)NCCc1cccc2cccnc12. The first-order valence-electron chi connectivity index (χ1n) is 7.23. The van der Waals surface area contributed by atoms with Crippen LogP contribution < -0.4 is 5.32 Å². The first-order valence-corrected chi connectivity index (χ1v) is 7.23. The van der Waals surface area contributed by atoms with Crippen molar-refractivity contribution in [2.45, 2.75) is 39.7 Å². The molecular formula is C17H24N2. The summed E-state index contributed by atoms with van der Waals surface area (Å²) in [7, 11) is 0. The maximum absolute atomic E-state index is 4.50. The highest BCUT2D eigenvalue weighted by Gasteiger charge is 2.05. The van der Waals surface area contributed by atoms with E-state index in [4.69, 9.17) is 0 Å². The summed E-state index contributed by atoms with van der Waals surface area (Å²) in [5.41, 5.74) is 2.48. The fourth-order valence-electron chi connectivity index (χ4n) is 2.61. The van der Waals surface area contributed by atoms with Crippen LogP contribution in [0, 0.1) is 5.92 Å². The van der Waals surface area contributed by atoms with E-state index in [-0.39, 0.29) is 0 Å². The highest BCUT2D eigenvalue weighted by molar-refractivity contribution is 5.81. The highest BCUT2D eigenvalue weighted by Crippen LogP contribution is 2.16. The van der Waals surface area contributed by atoms with Crippen molar-refractivity contribution in [2.75, 3.05) is 6.54 Å². The fraction of sp³-hybridized carbons (Fsp3) is 0.471. The molecule has 1 heterocycles. The molecule has 0 amide bonds. The van der Waals surface area contributed by atoms with E-state index in [9.17, 15) is 0 Å². The van der Waals surface area contributed by atoms with Crippen LogP contribution >= 0.6 is 0 Å². The molecule has 1 atom stereocenters. The number of rotatable bonds is 6. The number of nitrogens with zero attached hydrogens (tertiary/aromatic N) is 1. The van der Waals surface area contributed by atoms with Crippen molar-refractivity contribution in [3.8, 4) is 0 Å². The van der Waals surface area contributed by atoms with Crippen LogP contribution in [0.4, 0.5) is 0 Å². The molecule has 0 spiro atoms. The Morgan fingerprint density at radius 1 is 1.11 bits per heavy atom. The van der Waals surface area contributed by atoms with Gasteiger partial charge in [-0.25, -0.2) is 0 Å². The lowest BCUT2D eigenvalue weighted by molar-refractivity contribution is 0.445. The standard InChI is InChI=1S/C17H24N2/c1-13(2)12-14(3)18-11-9-16-7-4-6-15-8-5-10-19-17(15)16/h4-8,10,13-14,18H,9,11-12H2,1-3H3. The molecule has 1 N–H and O–H groups in total. The number of hydrogen-bond acceptors (Lipinski definition) is 2. The molecule has 0 saturated carbocycles. The van der Waals surface area contributed by atoms with Crippen molar-refractivity contribution >= 4 is 10.9 Å². The average Bonchev–Trinajstić information content (AvgIpc) is 2.38. The Morgan fingerprint density at radius 3 is 2.68 bits per heavy atom. The van der Waals surface area contributed by atoms with Crippen LogP contribution in [0.25, 0.3) is 10.9 Å². The number of pyridine rings is 1. The minimum absolute atomic E-state index is 0.586. The number of nitrogens with one attached hydrogen (secondary N) is 1. The van der Waals surface area contributed by atoms with Gasteiger partial charge in [-0.2, -0.15) is 0 Å². The topological polar surface area (TPSA) is 24.9 Å². The Hall–Kier alpha value is -1.41. The molecule has 0 bridgehead atoms. The third kappa shape index (κ3) is 4.03. The summed E-state index contributed by atoms with van der Waals surface area (Å²) in [6, 6.07) is 11.1. The third-order valence-electron chi connectivity index (χ3n) is 3.43. The lowest BCUT2D eigenvalue weighted by Crippen LogP contribution is -2.29. The molecule has 102 valence electrons. The number of hydrogen-bond donors (Lipinski definition) is 1. The van der Waals surface area contributed by atoms with Gasteiger partial charge >= 0.3 is 0 Å². The maximum atomic E-state index is 4.50. The van der Waals surface area contributed by atoms with Crippen LogP contribution in [0.15, 0.2) is 36.5 Å². The number of aromatic nitrogens is 1. The number of benzene rings is 1. The third-order valence-corrected chi connectivity index (χ3v) is 3.43. The van der Waals surface area contributed by atoms with Crippen LogP contribution in [0.5, 0.6) is 0 Å². The minimum atomic E-state index is 0.586.